The first kappa shape index (κ1) is 13.4. The van der Waals surface area contributed by atoms with Gasteiger partial charge in [-0.15, -0.1) is 0 Å². The zero-order valence-corrected chi connectivity index (χ0v) is 11.9. The van der Waals surface area contributed by atoms with Crippen LogP contribution in [0.1, 0.15) is 11.1 Å². The van der Waals surface area contributed by atoms with E-state index in [1.807, 2.05) is 30.3 Å². The number of amidine groups is 1. The Labute approximate surface area is 123 Å². The molecule has 0 aliphatic carbocycles. The number of aliphatic imine (C=N–C) groups is 1. The smallest absolute Gasteiger partial charge is 0.161 e. The van der Waals surface area contributed by atoms with Gasteiger partial charge < -0.3 is 14.8 Å². The molecule has 1 aliphatic heterocycles. The fraction of sp³-hybridized carbons (Fsp3) is 0.250. The Morgan fingerprint density at radius 3 is 2.90 bits per heavy atom. The van der Waals surface area contributed by atoms with Gasteiger partial charge in [-0.3, -0.25) is 9.98 Å². The second-order valence-corrected chi connectivity index (χ2v) is 4.67. The SMILES string of the molecule is COc1cc(C2=NCCN2)ccc1OCc1cccnc1. The van der Waals surface area contributed by atoms with Crippen molar-refractivity contribution in [3.8, 4) is 11.5 Å². The van der Waals surface area contributed by atoms with Crippen molar-refractivity contribution < 1.29 is 9.47 Å². The molecule has 0 fully saturated rings. The monoisotopic (exact) mass is 283 g/mol. The van der Waals surface area contributed by atoms with E-state index in [9.17, 15) is 0 Å². The maximum atomic E-state index is 5.81. The number of nitrogens with zero attached hydrogens (tertiary/aromatic N) is 2. The third kappa shape index (κ3) is 3.13. The average Bonchev–Trinajstić information content (AvgIpc) is 3.08. The van der Waals surface area contributed by atoms with Crippen LogP contribution in [0.15, 0.2) is 47.7 Å². The summed E-state index contributed by atoms with van der Waals surface area (Å²) in [4.78, 5) is 8.48. The number of hydrogen-bond acceptors (Lipinski definition) is 5. The van der Waals surface area contributed by atoms with E-state index < -0.39 is 0 Å². The zero-order valence-electron chi connectivity index (χ0n) is 11.9. The van der Waals surface area contributed by atoms with Gasteiger partial charge in [-0.2, -0.15) is 0 Å². The zero-order chi connectivity index (χ0) is 14.5. The van der Waals surface area contributed by atoms with Gasteiger partial charge in [0, 0.05) is 30.1 Å². The summed E-state index contributed by atoms with van der Waals surface area (Å²) in [6.45, 7) is 2.16. The highest BCUT2D eigenvalue weighted by Gasteiger charge is 2.12. The summed E-state index contributed by atoms with van der Waals surface area (Å²) < 4.78 is 11.2. The van der Waals surface area contributed by atoms with Gasteiger partial charge >= 0.3 is 0 Å². The normalized spacial score (nSPS) is 13.5. The highest BCUT2D eigenvalue weighted by atomic mass is 16.5. The van der Waals surface area contributed by atoms with E-state index in [1.165, 1.54) is 0 Å². The lowest BCUT2D eigenvalue weighted by Gasteiger charge is -2.12. The van der Waals surface area contributed by atoms with Gasteiger partial charge in [0.25, 0.3) is 0 Å². The van der Waals surface area contributed by atoms with Gasteiger partial charge in [-0.05, 0) is 24.3 Å². The fourth-order valence-corrected chi connectivity index (χ4v) is 2.17. The molecule has 3 rings (SSSR count). The maximum absolute atomic E-state index is 5.81. The van der Waals surface area contributed by atoms with Crippen molar-refractivity contribution in [3.63, 3.8) is 0 Å². The Morgan fingerprint density at radius 2 is 2.19 bits per heavy atom. The van der Waals surface area contributed by atoms with Crippen LogP contribution in [0.4, 0.5) is 0 Å². The number of nitrogens with one attached hydrogen (secondary N) is 1. The molecule has 0 spiro atoms. The average molecular weight is 283 g/mol. The number of aromatic nitrogens is 1. The molecule has 0 atom stereocenters. The predicted octanol–water partition coefficient (Wildman–Crippen LogP) is 2.02. The molecule has 21 heavy (non-hydrogen) atoms. The van der Waals surface area contributed by atoms with Gasteiger partial charge in [0.05, 0.1) is 13.7 Å². The van der Waals surface area contributed by atoms with Crippen molar-refractivity contribution in [3.05, 3.63) is 53.9 Å². The van der Waals surface area contributed by atoms with Gasteiger partial charge in [0.15, 0.2) is 11.5 Å². The molecule has 5 heteroatoms. The predicted molar refractivity (Wildman–Crippen MR) is 81.0 cm³/mol. The summed E-state index contributed by atoms with van der Waals surface area (Å²) in [5.41, 5.74) is 2.03. The summed E-state index contributed by atoms with van der Waals surface area (Å²) in [6.07, 6.45) is 3.53. The lowest BCUT2D eigenvalue weighted by Crippen LogP contribution is -2.19. The Hall–Kier alpha value is -2.56. The highest BCUT2D eigenvalue weighted by molar-refractivity contribution is 6.00. The van der Waals surface area contributed by atoms with Gasteiger partial charge in [0.1, 0.15) is 12.4 Å². The topological polar surface area (TPSA) is 55.7 Å². The van der Waals surface area contributed by atoms with Crippen LogP contribution in [0.3, 0.4) is 0 Å². The van der Waals surface area contributed by atoms with Crippen LogP contribution in [0.2, 0.25) is 0 Å². The van der Waals surface area contributed by atoms with Crippen LogP contribution in [-0.2, 0) is 6.61 Å². The minimum absolute atomic E-state index is 0.461. The molecule has 1 aliphatic rings. The Morgan fingerprint density at radius 1 is 1.24 bits per heavy atom. The molecule has 2 aromatic rings. The standard InChI is InChI=1S/C16H17N3O2/c1-20-15-9-13(16-18-7-8-19-16)4-5-14(15)21-11-12-3-2-6-17-10-12/h2-6,9-10H,7-8,11H2,1H3,(H,18,19). The second kappa shape index (κ2) is 6.26. The molecule has 1 N–H and O–H groups in total. The van der Waals surface area contributed by atoms with Crippen molar-refractivity contribution >= 4 is 5.84 Å². The highest BCUT2D eigenvalue weighted by Crippen LogP contribution is 2.29. The van der Waals surface area contributed by atoms with E-state index in [2.05, 4.69) is 15.3 Å². The third-order valence-corrected chi connectivity index (χ3v) is 3.23. The number of ether oxygens (including phenoxy) is 2. The van der Waals surface area contributed by atoms with Crippen LogP contribution in [0.25, 0.3) is 0 Å². The summed E-state index contributed by atoms with van der Waals surface area (Å²) >= 11 is 0. The molecule has 1 aromatic carbocycles. The molecular weight excluding hydrogens is 266 g/mol. The fourth-order valence-electron chi connectivity index (χ4n) is 2.17. The summed E-state index contributed by atoms with van der Waals surface area (Å²) in [5.74, 6) is 2.32. The molecular formula is C16H17N3O2. The first-order chi connectivity index (χ1) is 10.4. The first-order valence-corrected chi connectivity index (χ1v) is 6.85. The number of benzene rings is 1. The van der Waals surface area contributed by atoms with E-state index in [0.717, 1.165) is 30.1 Å². The maximum Gasteiger partial charge on any atom is 0.161 e. The molecule has 2 heterocycles. The van der Waals surface area contributed by atoms with E-state index in [-0.39, 0.29) is 0 Å². The van der Waals surface area contributed by atoms with Gasteiger partial charge in [-0.25, -0.2) is 0 Å². The third-order valence-electron chi connectivity index (χ3n) is 3.23. The van der Waals surface area contributed by atoms with Crippen LogP contribution in [-0.4, -0.2) is 31.0 Å². The lowest BCUT2D eigenvalue weighted by atomic mass is 10.2. The van der Waals surface area contributed by atoms with Crippen molar-refractivity contribution in [2.45, 2.75) is 6.61 Å². The molecule has 0 radical (unpaired) electrons. The van der Waals surface area contributed by atoms with E-state index in [0.29, 0.717) is 18.1 Å². The minimum atomic E-state index is 0.461. The molecule has 0 amide bonds. The van der Waals surface area contributed by atoms with Gasteiger partial charge in [0.2, 0.25) is 0 Å². The number of rotatable bonds is 5. The number of methoxy groups -OCH3 is 1. The summed E-state index contributed by atoms with van der Waals surface area (Å²) in [6, 6.07) is 9.70. The van der Waals surface area contributed by atoms with E-state index >= 15 is 0 Å². The number of pyridine rings is 1. The molecule has 0 saturated carbocycles. The van der Waals surface area contributed by atoms with Crippen LogP contribution >= 0.6 is 0 Å². The minimum Gasteiger partial charge on any atom is -0.493 e. The van der Waals surface area contributed by atoms with E-state index in [4.69, 9.17) is 9.47 Å². The molecule has 5 nitrogen and oxygen atoms in total. The molecule has 0 saturated heterocycles. The molecule has 0 bridgehead atoms. The van der Waals surface area contributed by atoms with Crippen LogP contribution in [0.5, 0.6) is 11.5 Å². The molecule has 1 aromatic heterocycles. The molecule has 0 unspecified atom stereocenters. The largest absolute Gasteiger partial charge is 0.493 e. The first-order valence-electron chi connectivity index (χ1n) is 6.85. The Balaban J connectivity index is 1.76. The van der Waals surface area contributed by atoms with Crippen LogP contribution in [0, 0.1) is 0 Å². The van der Waals surface area contributed by atoms with Crippen molar-refractivity contribution in [2.24, 2.45) is 4.99 Å². The Kier molecular flexibility index (Phi) is 4.00. The molecule has 108 valence electrons. The number of hydrogen-bond donors (Lipinski definition) is 1. The van der Waals surface area contributed by atoms with Crippen molar-refractivity contribution in [1.82, 2.24) is 10.3 Å². The lowest BCUT2D eigenvalue weighted by molar-refractivity contribution is 0.284. The second-order valence-electron chi connectivity index (χ2n) is 4.67. The van der Waals surface area contributed by atoms with Crippen LogP contribution < -0.4 is 14.8 Å². The Bertz CT molecular complexity index is 641. The van der Waals surface area contributed by atoms with Gasteiger partial charge in [-0.1, -0.05) is 6.07 Å². The van der Waals surface area contributed by atoms with Crippen molar-refractivity contribution in [2.75, 3.05) is 20.2 Å². The van der Waals surface area contributed by atoms with E-state index in [1.54, 1.807) is 19.5 Å². The van der Waals surface area contributed by atoms with Crippen molar-refractivity contribution in [1.29, 1.82) is 0 Å². The quantitative estimate of drug-likeness (QED) is 0.912. The summed E-state index contributed by atoms with van der Waals surface area (Å²) in [5, 5.41) is 3.25. The summed E-state index contributed by atoms with van der Waals surface area (Å²) in [7, 11) is 1.64.